The van der Waals surface area contributed by atoms with Crippen molar-refractivity contribution in [3.05, 3.63) is 0 Å². The van der Waals surface area contributed by atoms with Crippen LogP contribution in [-0.4, -0.2) is 58.8 Å². The number of carbonyl (C=O) groups is 2. The second-order valence-electron chi connectivity index (χ2n) is 6.26. The molecule has 122 valence electrons. The van der Waals surface area contributed by atoms with Gasteiger partial charge in [-0.05, 0) is 33.6 Å². The highest BCUT2D eigenvalue weighted by molar-refractivity contribution is 6.17. The molecule has 0 aliphatic carbocycles. The smallest absolute Gasteiger partial charge is 0.411 e. The standard InChI is InChI=1S/C14H24ClNO5/c1-13(2,3)21-12(19)16-9-10(17)8-14(16,6-5-7-15)11(18)20-4/h10,17H,5-9H2,1-4H3/t10-,14-/m0/s1. The molecular formula is C14H24ClNO5. The van der Waals surface area contributed by atoms with E-state index in [0.717, 1.165) is 0 Å². The minimum absolute atomic E-state index is 0.0479. The lowest BCUT2D eigenvalue weighted by Gasteiger charge is -2.36. The Kier molecular flexibility index (Phi) is 5.87. The molecule has 6 nitrogen and oxygen atoms in total. The number of β-amino-alcohol motifs (C(OH)–C–C–N with tert-alkyl or cyclic N) is 1. The molecule has 0 saturated carbocycles. The number of aliphatic hydroxyl groups excluding tert-OH is 1. The van der Waals surface area contributed by atoms with Crippen LogP contribution in [0.2, 0.25) is 0 Å². The maximum atomic E-state index is 12.4. The molecule has 1 N–H and O–H groups in total. The van der Waals surface area contributed by atoms with E-state index >= 15 is 0 Å². The Hall–Kier alpha value is -1.01. The largest absolute Gasteiger partial charge is 0.467 e. The first kappa shape index (κ1) is 18.0. The van der Waals surface area contributed by atoms with Gasteiger partial charge in [0.1, 0.15) is 11.1 Å². The zero-order chi connectivity index (χ0) is 16.3. The van der Waals surface area contributed by atoms with Crippen LogP contribution in [-0.2, 0) is 14.3 Å². The zero-order valence-electron chi connectivity index (χ0n) is 13.0. The summed E-state index contributed by atoms with van der Waals surface area (Å²) >= 11 is 5.71. The summed E-state index contributed by atoms with van der Waals surface area (Å²) in [5.74, 6) is -0.188. The Labute approximate surface area is 130 Å². The number of aliphatic hydroxyl groups is 1. The van der Waals surface area contributed by atoms with Crippen molar-refractivity contribution in [2.24, 2.45) is 0 Å². The van der Waals surface area contributed by atoms with Crippen LogP contribution in [0.3, 0.4) is 0 Å². The van der Waals surface area contributed by atoms with E-state index in [-0.39, 0.29) is 13.0 Å². The van der Waals surface area contributed by atoms with Crippen LogP contribution in [0.1, 0.15) is 40.0 Å². The van der Waals surface area contributed by atoms with Crippen LogP contribution < -0.4 is 0 Å². The number of likely N-dealkylation sites (tertiary alicyclic amines) is 1. The monoisotopic (exact) mass is 321 g/mol. The first-order valence-corrected chi connectivity index (χ1v) is 7.53. The molecule has 21 heavy (non-hydrogen) atoms. The fourth-order valence-electron chi connectivity index (χ4n) is 2.60. The van der Waals surface area contributed by atoms with Gasteiger partial charge in [0, 0.05) is 12.3 Å². The number of rotatable bonds is 4. The number of amides is 1. The third-order valence-corrected chi connectivity index (χ3v) is 3.65. The molecule has 0 unspecified atom stereocenters. The maximum Gasteiger partial charge on any atom is 0.411 e. The first-order chi connectivity index (χ1) is 9.66. The summed E-state index contributed by atoms with van der Waals surface area (Å²) in [6, 6.07) is 0. The van der Waals surface area contributed by atoms with Crippen LogP contribution in [0.4, 0.5) is 4.79 Å². The molecule has 1 saturated heterocycles. The third-order valence-electron chi connectivity index (χ3n) is 3.39. The Morgan fingerprint density at radius 1 is 1.43 bits per heavy atom. The molecule has 0 bridgehead atoms. The van der Waals surface area contributed by atoms with Gasteiger partial charge in [-0.1, -0.05) is 0 Å². The SMILES string of the molecule is COC(=O)[C@]1(CCCCl)C[C@H](O)CN1C(=O)OC(C)(C)C. The van der Waals surface area contributed by atoms with Crippen molar-refractivity contribution < 1.29 is 24.2 Å². The van der Waals surface area contributed by atoms with E-state index in [9.17, 15) is 14.7 Å². The molecular weight excluding hydrogens is 298 g/mol. The van der Waals surface area contributed by atoms with Gasteiger partial charge in [0.25, 0.3) is 0 Å². The van der Waals surface area contributed by atoms with Gasteiger partial charge in [-0.3, -0.25) is 4.90 Å². The third kappa shape index (κ3) is 4.23. The van der Waals surface area contributed by atoms with Crippen LogP contribution in [0.25, 0.3) is 0 Å². The lowest BCUT2D eigenvalue weighted by molar-refractivity contribution is -0.153. The average molecular weight is 322 g/mol. The molecule has 1 aliphatic heterocycles. The maximum absolute atomic E-state index is 12.4. The summed E-state index contributed by atoms with van der Waals surface area (Å²) in [6.45, 7) is 5.29. The van der Waals surface area contributed by atoms with Crippen molar-refractivity contribution in [1.29, 1.82) is 0 Å². The van der Waals surface area contributed by atoms with Crippen LogP contribution in [0.5, 0.6) is 0 Å². The highest BCUT2D eigenvalue weighted by Crippen LogP contribution is 2.36. The molecule has 0 aromatic rings. The molecule has 0 aromatic carbocycles. The summed E-state index contributed by atoms with van der Waals surface area (Å²) in [6.07, 6.45) is -0.413. The van der Waals surface area contributed by atoms with Crippen molar-refractivity contribution in [1.82, 2.24) is 4.90 Å². The topological polar surface area (TPSA) is 76.1 Å². The Bertz CT molecular complexity index is 395. The minimum atomic E-state index is -1.20. The van der Waals surface area contributed by atoms with E-state index < -0.39 is 29.3 Å². The van der Waals surface area contributed by atoms with Crippen molar-refractivity contribution >= 4 is 23.7 Å². The van der Waals surface area contributed by atoms with Crippen molar-refractivity contribution in [3.63, 3.8) is 0 Å². The fourth-order valence-corrected chi connectivity index (χ4v) is 2.73. The van der Waals surface area contributed by atoms with E-state index in [4.69, 9.17) is 21.1 Å². The molecule has 1 fully saturated rings. The predicted octanol–water partition coefficient (Wildman–Crippen LogP) is 1.92. The van der Waals surface area contributed by atoms with Gasteiger partial charge in [-0.15, -0.1) is 11.6 Å². The summed E-state index contributed by atoms with van der Waals surface area (Å²) < 4.78 is 10.2. The molecule has 1 aliphatic rings. The predicted molar refractivity (Wildman–Crippen MR) is 78.3 cm³/mol. The van der Waals surface area contributed by atoms with Crippen LogP contribution in [0.15, 0.2) is 0 Å². The number of halogens is 1. The molecule has 0 radical (unpaired) electrons. The molecule has 0 aromatic heterocycles. The summed E-state index contributed by atoms with van der Waals surface area (Å²) in [7, 11) is 1.27. The van der Waals surface area contributed by atoms with E-state index in [1.54, 1.807) is 20.8 Å². The van der Waals surface area contributed by atoms with Crippen LogP contribution >= 0.6 is 11.6 Å². The molecule has 1 heterocycles. The highest BCUT2D eigenvalue weighted by atomic mass is 35.5. The summed E-state index contributed by atoms with van der Waals surface area (Å²) in [5.41, 5.74) is -1.88. The zero-order valence-corrected chi connectivity index (χ0v) is 13.8. The number of nitrogens with zero attached hydrogens (tertiary/aromatic N) is 1. The number of hydrogen-bond donors (Lipinski definition) is 1. The second-order valence-corrected chi connectivity index (χ2v) is 6.64. The highest BCUT2D eigenvalue weighted by Gasteiger charge is 2.54. The molecule has 0 spiro atoms. The van der Waals surface area contributed by atoms with Gasteiger partial charge in [0.05, 0.1) is 19.8 Å². The number of alkyl halides is 1. The molecule has 2 atom stereocenters. The lowest BCUT2D eigenvalue weighted by Crippen LogP contribution is -2.54. The Morgan fingerprint density at radius 2 is 2.05 bits per heavy atom. The molecule has 7 heteroatoms. The summed E-state index contributed by atoms with van der Waals surface area (Å²) in [4.78, 5) is 25.9. The number of methoxy groups -OCH3 is 1. The first-order valence-electron chi connectivity index (χ1n) is 6.99. The number of hydrogen-bond acceptors (Lipinski definition) is 5. The number of ether oxygens (including phenoxy) is 2. The normalized spacial score (nSPS) is 25.8. The fraction of sp³-hybridized carbons (Fsp3) is 0.857. The van der Waals surface area contributed by atoms with Crippen molar-refractivity contribution in [2.45, 2.75) is 57.3 Å². The van der Waals surface area contributed by atoms with Crippen molar-refractivity contribution in [2.75, 3.05) is 19.5 Å². The minimum Gasteiger partial charge on any atom is -0.467 e. The van der Waals surface area contributed by atoms with Gasteiger partial charge in [0.2, 0.25) is 0 Å². The lowest BCUT2D eigenvalue weighted by atomic mass is 9.90. The second kappa shape index (κ2) is 6.83. The van der Waals surface area contributed by atoms with Gasteiger partial charge < -0.3 is 14.6 Å². The van der Waals surface area contributed by atoms with Gasteiger partial charge in [-0.25, -0.2) is 9.59 Å². The van der Waals surface area contributed by atoms with Crippen molar-refractivity contribution in [3.8, 4) is 0 Å². The Balaban J connectivity index is 3.06. The van der Waals surface area contributed by atoms with E-state index in [1.165, 1.54) is 12.0 Å². The van der Waals surface area contributed by atoms with E-state index in [0.29, 0.717) is 18.7 Å². The number of esters is 1. The Morgan fingerprint density at radius 3 is 2.52 bits per heavy atom. The quantitative estimate of drug-likeness (QED) is 0.632. The molecule has 1 rings (SSSR count). The van der Waals surface area contributed by atoms with E-state index in [2.05, 4.69) is 0 Å². The van der Waals surface area contributed by atoms with Gasteiger partial charge in [0.15, 0.2) is 0 Å². The molecule has 1 amide bonds. The number of carbonyl (C=O) groups excluding carboxylic acids is 2. The van der Waals surface area contributed by atoms with Gasteiger partial charge in [-0.2, -0.15) is 0 Å². The van der Waals surface area contributed by atoms with Crippen LogP contribution in [0, 0.1) is 0 Å². The van der Waals surface area contributed by atoms with Gasteiger partial charge >= 0.3 is 12.1 Å². The summed E-state index contributed by atoms with van der Waals surface area (Å²) in [5, 5.41) is 9.94. The van der Waals surface area contributed by atoms with E-state index in [1.807, 2.05) is 0 Å². The average Bonchev–Trinajstić information content (AvgIpc) is 2.71.